The lowest BCUT2D eigenvalue weighted by Gasteiger charge is -2.16. The number of carbonyl (C=O) groups excluding carboxylic acids is 1. The summed E-state index contributed by atoms with van der Waals surface area (Å²) in [5, 5.41) is 11.9. The van der Waals surface area contributed by atoms with Gasteiger partial charge in [-0.3, -0.25) is 4.79 Å². The number of aliphatic carboxylic acids is 1. The van der Waals surface area contributed by atoms with E-state index < -0.39 is 18.7 Å². The van der Waals surface area contributed by atoms with Crippen LogP contribution in [0.2, 0.25) is 5.02 Å². The number of anilines is 1. The second-order valence-electron chi connectivity index (χ2n) is 5.37. The molecule has 2 rings (SSSR count). The van der Waals surface area contributed by atoms with Crippen LogP contribution in [0.4, 0.5) is 5.69 Å². The van der Waals surface area contributed by atoms with Gasteiger partial charge in [-0.15, -0.1) is 0 Å². The smallest absolute Gasteiger partial charge is 0.341 e. The summed E-state index contributed by atoms with van der Waals surface area (Å²) in [7, 11) is 0. The fourth-order valence-corrected chi connectivity index (χ4v) is 2.27. The molecular weight excluding hydrogens is 346 g/mol. The number of hydrogen-bond acceptors (Lipinski definition) is 4. The minimum Gasteiger partial charge on any atom is -0.482 e. The molecule has 0 aliphatic rings. The van der Waals surface area contributed by atoms with Gasteiger partial charge < -0.3 is 19.9 Å². The minimum absolute atomic E-state index is 0.343. The first-order valence-corrected chi connectivity index (χ1v) is 7.91. The van der Waals surface area contributed by atoms with Crippen LogP contribution in [0.15, 0.2) is 42.5 Å². The summed E-state index contributed by atoms with van der Waals surface area (Å²) in [6, 6.07) is 11.6. The first kappa shape index (κ1) is 18.6. The standard InChI is InChI=1S/C18H18ClNO5/c1-11-8-13(19)6-7-16(11)25-12(2)18(23)20-14-4-3-5-15(9-14)24-10-17(21)22/h3-9,12H,10H2,1-2H3,(H,20,23)(H,21,22)/t12-/m1/s1. The van der Waals surface area contributed by atoms with Crippen molar-refractivity contribution < 1.29 is 24.2 Å². The first-order chi connectivity index (χ1) is 11.8. The van der Waals surface area contributed by atoms with Gasteiger partial charge in [0.15, 0.2) is 12.7 Å². The molecule has 1 amide bonds. The molecule has 0 fully saturated rings. The molecule has 0 aliphatic heterocycles. The van der Waals surface area contributed by atoms with E-state index in [0.29, 0.717) is 22.2 Å². The van der Waals surface area contributed by atoms with Gasteiger partial charge in [0.05, 0.1) is 0 Å². The van der Waals surface area contributed by atoms with E-state index in [1.165, 1.54) is 0 Å². The van der Waals surface area contributed by atoms with Gasteiger partial charge >= 0.3 is 5.97 Å². The quantitative estimate of drug-likeness (QED) is 0.786. The number of amides is 1. The highest BCUT2D eigenvalue weighted by atomic mass is 35.5. The average Bonchev–Trinajstić information content (AvgIpc) is 2.55. The third-order valence-electron chi connectivity index (χ3n) is 3.27. The lowest BCUT2D eigenvalue weighted by Crippen LogP contribution is -2.30. The first-order valence-electron chi connectivity index (χ1n) is 7.53. The van der Waals surface area contributed by atoms with Crippen LogP contribution in [0.3, 0.4) is 0 Å². The Morgan fingerprint density at radius 1 is 1.24 bits per heavy atom. The molecule has 2 aromatic rings. The number of ether oxygens (including phenoxy) is 2. The van der Waals surface area contributed by atoms with Crippen molar-refractivity contribution in [3.8, 4) is 11.5 Å². The van der Waals surface area contributed by atoms with Crippen LogP contribution < -0.4 is 14.8 Å². The molecule has 1 atom stereocenters. The van der Waals surface area contributed by atoms with Gasteiger partial charge in [-0.25, -0.2) is 4.79 Å². The molecule has 0 radical (unpaired) electrons. The van der Waals surface area contributed by atoms with Crippen molar-refractivity contribution >= 4 is 29.2 Å². The fourth-order valence-electron chi connectivity index (χ4n) is 2.04. The van der Waals surface area contributed by atoms with E-state index in [1.54, 1.807) is 49.4 Å². The molecule has 6 nitrogen and oxygen atoms in total. The van der Waals surface area contributed by atoms with Gasteiger partial charge in [-0.05, 0) is 49.7 Å². The molecule has 0 saturated heterocycles. The average molecular weight is 364 g/mol. The number of halogens is 1. The summed E-state index contributed by atoms with van der Waals surface area (Å²) in [5.41, 5.74) is 1.31. The molecule has 132 valence electrons. The third-order valence-corrected chi connectivity index (χ3v) is 3.51. The molecule has 0 unspecified atom stereocenters. The van der Waals surface area contributed by atoms with Crippen molar-refractivity contribution in [1.82, 2.24) is 0 Å². The van der Waals surface area contributed by atoms with Gasteiger partial charge in [0.25, 0.3) is 5.91 Å². The molecular formula is C18H18ClNO5. The Hall–Kier alpha value is -2.73. The zero-order valence-corrected chi connectivity index (χ0v) is 14.5. The highest BCUT2D eigenvalue weighted by Crippen LogP contribution is 2.23. The monoisotopic (exact) mass is 363 g/mol. The number of carbonyl (C=O) groups is 2. The number of rotatable bonds is 7. The van der Waals surface area contributed by atoms with E-state index in [0.717, 1.165) is 5.56 Å². The molecule has 0 saturated carbocycles. The Morgan fingerprint density at radius 2 is 2.00 bits per heavy atom. The molecule has 2 aromatic carbocycles. The maximum absolute atomic E-state index is 12.3. The summed E-state index contributed by atoms with van der Waals surface area (Å²) in [5.74, 6) is -0.493. The lowest BCUT2D eigenvalue weighted by atomic mass is 10.2. The van der Waals surface area contributed by atoms with Gasteiger partial charge in [0.1, 0.15) is 11.5 Å². The van der Waals surface area contributed by atoms with Crippen LogP contribution in [-0.4, -0.2) is 29.7 Å². The van der Waals surface area contributed by atoms with E-state index in [-0.39, 0.29) is 5.91 Å². The highest BCUT2D eigenvalue weighted by Gasteiger charge is 2.16. The van der Waals surface area contributed by atoms with Crippen molar-refractivity contribution in [2.75, 3.05) is 11.9 Å². The second-order valence-corrected chi connectivity index (χ2v) is 5.81. The second kappa shape index (κ2) is 8.39. The highest BCUT2D eigenvalue weighted by molar-refractivity contribution is 6.30. The van der Waals surface area contributed by atoms with Gasteiger partial charge in [0, 0.05) is 16.8 Å². The Labute approximate surface area is 150 Å². The van der Waals surface area contributed by atoms with Gasteiger partial charge in [0.2, 0.25) is 0 Å². The van der Waals surface area contributed by atoms with E-state index >= 15 is 0 Å². The van der Waals surface area contributed by atoms with Crippen LogP contribution >= 0.6 is 11.6 Å². The van der Waals surface area contributed by atoms with Crippen LogP contribution in [0, 0.1) is 6.92 Å². The van der Waals surface area contributed by atoms with Gasteiger partial charge in [-0.1, -0.05) is 17.7 Å². The zero-order chi connectivity index (χ0) is 18.4. The largest absolute Gasteiger partial charge is 0.482 e. The Bertz CT molecular complexity index is 778. The Balaban J connectivity index is 1.98. The van der Waals surface area contributed by atoms with Crippen molar-refractivity contribution in [2.24, 2.45) is 0 Å². The van der Waals surface area contributed by atoms with Crippen molar-refractivity contribution in [1.29, 1.82) is 0 Å². The molecule has 7 heteroatoms. The Morgan fingerprint density at radius 3 is 2.68 bits per heavy atom. The third kappa shape index (κ3) is 5.69. The maximum atomic E-state index is 12.3. The zero-order valence-electron chi connectivity index (χ0n) is 13.8. The normalized spacial score (nSPS) is 11.5. The number of carboxylic acids is 1. The van der Waals surface area contributed by atoms with E-state index in [9.17, 15) is 9.59 Å². The summed E-state index contributed by atoms with van der Waals surface area (Å²) >= 11 is 5.90. The van der Waals surface area contributed by atoms with Crippen LogP contribution in [0.25, 0.3) is 0 Å². The number of benzene rings is 2. The predicted molar refractivity (Wildman–Crippen MR) is 94.5 cm³/mol. The summed E-state index contributed by atoms with van der Waals surface area (Å²) in [6.07, 6.45) is -0.733. The molecule has 2 N–H and O–H groups in total. The SMILES string of the molecule is Cc1cc(Cl)ccc1O[C@H](C)C(=O)Nc1cccc(OCC(=O)O)c1. The molecule has 0 bridgehead atoms. The summed E-state index contributed by atoms with van der Waals surface area (Å²) in [4.78, 5) is 22.8. The summed E-state index contributed by atoms with van der Waals surface area (Å²) < 4.78 is 10.7. The van der Waals surface area contributed by atoms with Gasteiger partial charge in [-0.2, -0.15) is 0 Å². The minimum atomic E-state index is -1.07. The number of hydrogen-bond donors (Lipinski definition) is 2. The fraction of sp³-hybridized carbons (Fsp3) is 0.222. The van der Waals surface area contributed by atoms with Crippen LogP contribution in [0.5, 0.6) is 11.5 Å². The van der Waals surface area contributed by atoms with Crippen LogP contribution in [0.1, 0.15) is 12.5 Å². The Kier molecular flexibility index (Phi) is 6.25. The van der Waals surface area contributed by atoms with E-state index in [2.05, 4.69) is 5.32 Å². The predicted octanol–water partition coefficient (Wildman–Crippen LogP) is 3.52. The molecule has 0 heterocycles. The van der Waals surface area contributed by atoms with Crippen molar-refractivity contribution in [3.05, 3.63) is 53.1 Å². The number of carboxylic acid groups (broad SMARTS) is 1. The lowest BCUT2D eigenvalue weighted by molar-refractivity contribution is -0.139. The van der Waals surface area contributed by atoms with E-state index in [4.69, 9.17) is 26.2 Å². The van der Waals surface area contributed by atoms with Crippen molar-refractivity contribution in [2.45, 2.75) is 20.0 Å². The number of aryl methyl sites for hydroxylation is 1. The van der Waals surface area contributed by atoms with Crippen molar-refractivity contribution in [3.63, 3.8) is 0 Å². The maximum Gasteiger partial charge on any atom is 0.341 e. The van der Waals surface area contributed by atoms with E-state index in [1.807, 2.05) is 6.92 Å². The molecule has 0 spiro atoms. The topological polar surface area (TPSA) is 84.9 Å². The molecule has 0 aromatic heterocycles. The molecule has 0 aliphatic carbocycles. The number of nitrogens with one attached hydrogen (secondary N) is 1. The van der Waals surface area contributed by atoms with Crippen LogP contribution in [-0.2, 0) is 9.59 Å². The molecule has 25 heavy (non-hydrogen) atoms. The summed E-state index contributed by atoms with van der Waals surface area (Å²) in [6.45, 7) is 3.02.